The number of hydrogen-bond donors (Lipinski definition) is 1. The van der Waals surface area contributed by atoms with Crippen molar-refractivity contribution < 1.29 is 37.4 Å². The summed E-state index contributed by atoms with van der Waals surface area (Å²) in [5.74, 6) is 0.854. The van der Waals surface area contributed by atoms with Gasteiger partial charge < -0.3 is 29.1 Å². The Balaban J connectivity index is 1.89. The maximum absolute atomic E-state index is 12.1. The first kappa shape index (κ1) is 21.7. The van der Waals surface area contributed by atoms with Gasteiger partial charge in [-0.25, -0.2) is 0 Å². The molecular formula is C19H20F2N2O6. The molecule has 156 valence electrons. The molecule has 1 amide bonds. The van der Waals surface area contributed by atoms with Crippen molar-refractivity contribution in [2.45, 2.75) is 6.61 Å². The number of alkyl halides is 2. The summed E-state index contributed by atoms with van der Waals surface area (Å²) in [5.41, 5.74) is 1.00. The number of anilines is 1. The van der Waals surface area contributed by atoms with E-state index in [2.05, 4.69) is 15.2 Å². The number of oxime groups is 1. The van der Waals surface area contributed by atoms with Gasteiger partial charge in [0.25, 0.3) is 5.91 Å². The van der Waals surface area contributed by atoms with Gasteiger partial charge in [0.05, 0.1) is 27.5 Å². The Morgan fingerprint density at radius 2 is 1.69 bits per heavy atom. The number of carbonyl (C=O) groups is 1. The van der Waals surface area contributed by atoms with Crippen LogP contribution in [0.3, 0.4) is 0 Å². The molecular weight excluding hydrogens is 390 g/mol. The predicted octanol–water partition coefficient (Wildman–Crippen LogP) is 3.30. The fraction of sp³-hybridized carbons (Fsp3) is 0.263. The molecule has 0 fully saturated rings. The summed E-state index contributed by atoms with van der Waals surface area (Å²) < 4.78 is 44.1. The van der Waals surface area contributed by atoms with E-state index in [1.54, 1.807) is 12.1 Å². The van der Waals surface area contributed by atoms with E-state index >= 15 is 0 Å². The minimum absolute atomic E-state index is 0.0100. The van der Waals surface area contributed by atoms with Crippen LogP contribution < -0.4 is 24.3 Å². The molecule has 2 aromatic carbocycles. The third-order valence-electron chi connectivity index (χ3n) is 3.52. The van der Waals surface area contributed by atoms with Crippen LogP contribution in [0.15, 0.2) is 41.6 Å². The van der Waals surface area contributed by atoms with Gasteiger partial charge in [0.1, 0.15) is 5.75 Å². The molecule has 0 aliphatic heterocycles. The SMILES string of the molecule is COc1cc(/C=N\OCC(=O)Nc2ccc(OC(F)F)cc2)cc(OC)c1OC. The standard InChI is InChI=1S/C19H20F2N2O6/c1-25-15-8-12(9-16(26-2)18(15)27-3)10-22-28-11-17(24)23-13-4-6-14(7-5-13)29-19(20)21/h4-10,19H,11H2,1-3H3,(H,23,24)/b22-10-. The molecule has 0 aromatic heterocycles. The molecule has 2 rings (SSSR count). The zero-order valence-electron chi connectivity index (χ0n) is 16.0. The van der Waals surface area contributed by atoms with Crippen molar-refractivity contribution in [3.8, 4) is 23.0 Å². The first-order valence-electron chi connectivity index (χ1n) is 8.27. The highest BCUT2D eigenvalue weighted by Gasteiger charge is 2.12. The van der Waals surface area contributed by atoms with Crippen LogP contribution in [0.5, 0.6) is 23.0 Å². The lowest BCUT2D eigenvalue weighted by atomic mass is 10.2. The van der Waals surface area contributed by atoms with Gasteiger partial charge in [-0.1, -0.05) is 5.16 Å². The molecule has 0 heterocycles. The van der Waals surface area contributed by atoms with E-state index in [-0.39, 0.29) is 12.4 Å². The Morgan fingerprint density at radius 1 is 1.07 bits per heavy atom. The van der Waals surface area contributed by atoms with Gasteiger partial charge in [-0.05, 0) is 36.4 Å². The van der Waals surface area contributed by atoms with Crippen LogP contribution in [-0.2, 0) is 9.63 Å². The van der Waals surface area contributed by atoms with Crippen LogP contribution in [0.2, 0.25) is 0 Å². The molecule has 0 saturated carbocycles. The van der Waals surface area contributed by atoms with E-state index in [0.29, 0.717) is 28.5 Å². The maximum atomic E-state index is 12.1. The lowest BCUT2D eigenvalue weighted by Crippen LogP contribution is -2.16. The monoisotopic (exact) mass is 410 g/mol. The van der Waals surface area contributed by atoms with Crippen molar-refractivity contribution in [3.63, 3.8) is 0 Å². The molecule has 0 spiro atoms. The lowest BCUT2D eigenvalue weighted by Gasteiger charge is -2.12. The van der Waals surface area contributed by atoms with Gasteiger partial charge in [-0.3, -0.25) is 4.79 Å². The van der Waals surface area contributed by atoms with Crippen LogP contribution in [0.1, 0.15) is 5.56 Å². The molecule has 0 atom stereocenters. The normalized spacial score (nSPS) is 10.7. The Bertz CT molecular complexity index is 818. The number of methoxy groups -OCH3 is 3. The number of benzene rings is 2. The van der Waals surface area contributed by atoms with E-state index < -0.39 is 12.5 Å². The molecule has 0 unspecified atom stereocenters. The Labute approximate surface area is 166 Å². The van der Waals surface area contributed by atoms with Gasteiger partial charge in [-0.15, -0.1) is 0 Å². The largest absolute Gasteiger partial charge is 0.493 e. The van der Waals surface area contributed by atoms with Crippen molar-refractivity contribution in [1.29, 1.82) is 0 Å². The zero-order valence-corrected chi connectivity index (χ0v) is 16.0. The van der Waals surface area contributed by atoms with E-state index in [1.165, 1.54) is 51.8 Å². The van der Waals surface area contributed by atoms with Crippen molar-refractivity contribution in [2.24, 2.45) is 5.16 Å². The fourth-order valence-electron chi connectivity index (χ4n) is 2.29. The Kier molecular flexibility index (Phi) is 8.01. The summed E-state index contributed by atoms with van der Waals surface area (Å²) >= 11 is 0. The molecule has 0 saturated heterocycles. The van der Waals surface area contributed by atoms with Crippen LogP contribution in [0.4, 0.5) is 14.5 Å². The quantitative estimate of drug-likeness (QED) is 0.478. The van der Waals surface area contributed by atoms with Crippen molar-refractivity contribution in [2.75, 3.05) is 33.3 Å². The van der Waals surface area contributed by atoms with E-state index in [1.807, 2.05) is 0 Å². The molecule has 1 N–H and O–H groups in total. The van der Waals surface area contributed by atoms with E-state index in [4.69, 9.17) is 19.0 Å². The Hall–Kier alpha value is -3.56. The maximum Gasteiger partial charge on any atom is 0.387 e. The van der Waals surface area contributed by atoms with Crippen molar-refractivity contribution in [1.82, 2.24) is 0 Å². The number of hydrogen-bond acceptors (Lipinski definition) is 7. The van der Waals surface area contributed by atoms with Gasteiger partial charge >= 0.3 is 6.61 Å². The third-order valence-corrected chi connectivity index (χ3v) is 3.52. The molecule has 29 heavy (non-hydrogen) atoms. The van der Waals surface area contributed by atoms with Gasteiger partial charge in [-0.2, -0.15) is 8.78 Å². The number of rotatable bonds is 10. The summed E-state index contributed by atoms with van der Waals surface area (Å²) in [6.45, 7) is -3.26. The molecule has 0 radical (unpaired) electrons. The van der Waals surface area contributed by atoms with Gasteiger partial charge in [0, 0.05) is 11.3 Å². The van der Waals surface area contributed by atoms with Crippen LogP contribution >= 0.6 is 0 Å². The highest BCUT2D eigenvalue weighted by atomic mass is 19.3. The third kappa shape index (κ3) is 6.52. The van der Waals surface area contributed by atoms with Crippen LogP contribution in [-0.4, -0.2) is 46.7 Å². The highest BCUT2D eigenvalue weighted by Crippen LogP contribution is 2.37. The minimum Gasteiger partial charge on any atom is -0.493 e. The van der Waals surface area contributed by atoms with Gasteiger partial charge in [0.2, 0.25) is 5.75 Å². The first-order chi connectivity index (χ1) is 14.0. The van der Waals surface area contributed by atoms with Crippen molar-refractivity contribution >= 4 is 17.8 Å². The average Bonchev–Trinajstić information content (AvgIpc) is 2.71. The number of amides is 1. The average molecular weight is 410 g/mol. The van der Waals surface area contributed by atoms with Crippen LogP contribution in [0.25, 0.3) is 0 Å². The second-order valence-electron chi connectivity index (χ2n) is 5.42. The highest BCUT2D eigenvalue weighted by molar-refractivity contribution is 5.91. The molecule has 10 heteroatoms. The number of halogens is 2. The van der Waals surface area contributed by atoms with Crippen LogP contribution in [0, 0.1) is 0 Å². The zero-order chi connectivity index (χ0) is 21.2. The number of carbonyl (C=O) groups excluding carboxylic acids is 1. The summed E-state index contributed by atoms with van der Waals surface area (Å²) in [6.07, 6.45) is 1.38. The van der Waals surface area contributed by atoms with E-state index in [9.17, 15) is 13.6 Å². The Morgan fingerprint density at radius 3 is 2.21 bits per heavy atom. The topological polar surface area (TPSA) is 87.6 Å². The molecule has 0 aliphatic carbocycles. The lowest BCUT2D eigenvalue weighted by molar-refractivity contribution is -0.120. The predicted molar refractivity (Wildman–Crippen MR) is 101 cm³/mol. The number of nitrogens with one attached hydrogen (secondary N) is 1. The first-order valence-corrected chi connectivity index (χ1v) is 8.27. The molecule has 2 aromatic rings. The summed E-state index contributed by atoms with van der Waals surface area (Å²) in [4.78, 5) is 16.8. The molecule has 8 nitrogen and oxygen atoms in total. The molecule has 0 bridgehead atoms. The second-order valence-corrected chi connectivity index (χ2v) is 5.42. The van der Waals surface area contributed by atoms with E-state index in [0.717, 1.165) is 0 Å². The van der Waals surface area contributed by atoms with Gasteiger partial charge in [0.15, 0.2) is 18.1 Å². The minimum atomic E-state index is -2.91. The fourth-order valence-corrected chi connectivity index (χ4v) is 2.29. The number of nitrogens with zero attached hydrogens (tertiary/aromatic N) is 1. The smallest absolute Gasteiger partial charge is 0.387 e. The second kappa shape index (κ2) is 10.7. The number of ether oxygens (including phenoxy) is 4. The van der Waals surface area contributed by atoms with Crippen molar-refractivity contribution in [3.05, 3.63) is 42.0 Å². The molecule has 0 aliphatic rings. The summed E-state index contributed by atoms with van der Waals surface area (Å²) in [6, 6.07) is 8.80. The summed E-state index contributed by atoms with van der Waals surface area (Å²) in [5, 5.41) is 6.27. The summed E-state index contributed by atoms with van der Waals surface area (Å²) in [7, 11) is 4.48.